The van der Waals surface area contributed by atoms with E-state index in [2.05, 4.69) is 5.32 Å². The van der Waals surface area contributed by atoms with Gasteiger partial charge in [-0.05, 0) is 37.6 Å². The molecule has 0 bridgehead atoms. The van der Waals surface area contributed by atoms with Crippen LogP contribution in [0.3, 0.4) is 0 Å². The van der Waals surface area contributed by atoms with Gasteiger partial charge >= 0.3 is 6.03 Å². The summed E-state index contributed by atoms with van der Waals surface area (Å²) in [4.78, 5) is 23.9. The monoisotopic (exact) mass is 402 g/mol. The first-order chi connectivity index (χ1) is 12.3. The molecule has 0 spiro atoms. The van der Waals surface area contributed by atoms with Crippen LogP contribution in [0, 0.1) is 18.6 Å². The molecule has 0 aliphatic carbocycles. The molecule has 2 N–H and O–H groups in total. The number of amides is 3. The second-order valence-electron chi connectivity index (χ2n) is 5.11. The largest absolute Gasteiger partial charge is 0.491 e. The predicted molar refractivity (Wildman–Crippen MR) is 95.2 cm³/mol. The van der Waals surface area contributed by atoms with Gasteiger partial charge in [0.05, 0.1) is 16.7 Å². The fourth-order valence-corrected chi connectivity index (χ4v) is 2.70. The van der Waals surface area contributed by atoms with Crippen molar-refractivity contribution in [2.75, 3.05) is 11.9 Å². The third-order valence-electron chi connectivity index (χ3n) is 3.37. The van der Waals surface area contributed by atoms with Crippen molar-refractivity contribution in [1.82, 2.24) is 5.32 Å². The summed E-state index contributed by atoms with van der Waals surface area (Å²) < 4.78 is 32.5. The Morgan fingerprint density at radius 2 is 1.81 bits per heavy atom. The molecule has 9 heteroatoms. The van der Waals surface area contributed by atoms with Gasteiger partial charge in [0.15, 0.2) is 5.75 Å². The van der Waals surface area contributed by atoms with E-state index in [1.807, 2.05) is 5.32 Å². The molecule has 0 saturated heterocycles. The molecule has 3 amide bonds. The highest BCUT2D eigenvalue weighted by Crippen LogP contribution is 2.39. The molecule has 2 aromatic rings. The Balaban J connectivity index is 2.19. The molecule has 0 atom stereocenters. The van der Waals surface area contributed by atoms with Crippen LogP contribution in [0.1, 0.15) is 22.8 Å². The minimum Gasteiger partial charge on any atom is -0.491 e. The van der Waals surface area contributed by atoms with Gasteiger partial charge in [0.2, 0.25) is 0 Å². The van der Waals surface area contributed by atoms with Crippen molar-refractivity contribution < 1.29 is 23.1 Å². The van der Waals surface area contributed by atoms with Crippen molar-refractivity contribution in [3.05, 3.63) is 57.1 Å². The number of hydrogen-bond donors (Lipinski definition) is 2. The molecule has 0 aliphatic heterocycles. The van der Waals surface area contributed by atoms with Crippen molar-refractivity contribution >= 4 is 40.8 Å². The van der Waals surface area contributed by atoms with E-state index >= 15 is 0 Å². The van der Waals surface area contributed by atoms with Crippen LogP contribution in [0.15, 0.2) is 24.3 Å². The number of nitrogens with one attached hydrogen (secondary N) is 2. The first-order valence-electron chi connectivity index (χ1n) is 7.44. The maximum atomic E-state index is 13.6. The molecule has 138 valence electrons. The number of ether oxygens (including phenoxy) is 1. The first-order valence-corrected chi connectivity index (χ1v) is 8.19. The van der Waals surface area contributed by atoms with Gasteiger partial charge in [0, 0.05) is 5.69 Å². The zero-order valence-electron chi connectivity index (χ0n) is 13.8. The van der Waals surface area contributed by atoms with Crippen LogP contribution >= 0.6 is 23.2 Å². The standard InChI is InChI=1S/C17H14Cl2F2N2O3/c1-3-26-15-9(18)7-12(8(2)14(15)19)22-17(25)23-16(24)13-10(20)5-4-6-11(13)21/h4-7H,3H2,1-2H3,(H2,22,23,24,25). The van der Waals surface area contributed by atoms with Crippen molar-refractivity contribution in [2.45, 2.75) is 13.8 Å². The molecule has 26 heavy (non-hydrogen) atoms. The number of carbonyl (C=O) groups excluding carboxylic acids is 2. The van der Waals surface area contributed by atoms with Gasteiger partial charge in [0.1, 0.15) is 17.2 Å². The van der Waals surface area contributed by atoms with Crippen LogP contribution in [-0.4, -0.2) is 18.5 Å². The van der Waals surface area contributed by atoms with Gasteiger partial charge in [-0.25, -0.2) is 13.6 Å². The van der Waals surface area contributed by atoms with Crippen LogP contribution in [0.4, 0.5) is 19.3 Å². The van der Waals surface area contributed by atoms with Crippen LogP contribution in [-0.2, 0) is 0 Å². The Labute approximate surface area is 158 Å². The van der Waals surface area contributed by atoms with Crippen molar-refractivity contribution in [1.29, 1.82) is 0 Å². The molecule has 5 nitrogen and oxygen atoms in total. The Bertz CT molecular complexity index is 855. The van der Waals surface area contributed by atoms with Gasteiger partial charge < -0.3 is 10.1 Å². The number of carbonyl (C=O) groups is 2. The fourth-order valence-electron chi connectivity index (χ4n) is 2.13. The Kier molecular flexibility index (Phi) is 6.39. The molecule has 0 aliphatic rings. The fraction of sp³-hybridized carbons (Fsp3) is 0.176. The summed E-state index contributed by atoms with van der Waals surface area (Å²) in [5.41, 5.74) is -0.205. The summed E-state index contributed by atoms with van der Waals surface area (Å²) in [6.07, 6.45) is 0. The van der Waals surface area contributed by atoms with Gasteiger partial charge in [-0.1, -0.05) is 29.3 Å². The first kappa shape index (κ1) is 19.9. The Morgan fingerprint density at radius 1 is 1.19 bits per heavy atom. The van der Waals surface area contributed by atoms with Crippen molar-refractivity contribution in [3.8, 4) is 5.75 Å². The van der Waals surface area contributed by atoms with Gasteiger partial charge in [-0.15, -0.1) is 0 Å². The van der Waals surface area contributed by atoms with Gasteiger partial charge in [-0.2, -0.15) is 0 Å². The molecule has 0 heterocycles. The van der Waals surface area contributed by atoms with Gasteiger partial charge in [0.25, 0.3) is 5.91 Å². The van der Waals surface area contributed by atoms with E-state index in [9.17, 15) is 18.4 Å². The number of anilines is 1. The third kappa shape index (κ3) is 4.23. The lowest BCUT2D eigenvalue weighted by Crippen LogP contribution is -2.35. The van der Waals surface area contributed by atoms with Crippen LogP contribution in [0.25, 0.3) is 0 Å². The number of halogens is 4. The average Bonchev–Trinajstić information content (AvgIpc) is 2.56. The SMILES string of the molecule is CCOc1c(Cl)cc(NC(=O)NC(=O)c2c(F)cccc2F)c(C)c1Cl. The minimum atomic E-state index is -1.22. The van der Waals surface area contributed by atoms with Crippen molar-refractivity contribution in [2.24, 2.45) is 0 Å². The lowest BCUT2D eigenvalue weighted by atomic mass is 10.2. The summed E-state index contributed by atoms with van der Waals surface area (Å²) >= 11 is 12.2. The number of imide groups is 1. The highest BCUT2D eigenvalue weighted by molar-refractivity contribution is 6.38. The second kappa shape index (κ2) is 8.33. The van der Waals surface area contributed by atoms with E-state index in [4.69, 9.17) is 27.9 Å². The lowest BCUT2D eigenvalue weighted by Gasteiger charge is -2.15. The van der Waals surface area contributed by atoms with E-state index in [-0.39, 0.29) is 21.5 Å². The maximum absolute atomic E-state index is 13.6. The number of rotatable bonds is 4. The summed E-state index contributed by atoms with van der Waals surface area (Å²) in [7, 11) is 0. The van der Waals surface area contributed by atoms with Crippen LogP contribution in [0.2, 0.25) is 10.0 Å². The smallest absolute Gasteiger partial charge is 0.326 e. The Morgan fingerprint density at radius 3 is 2.38 bits per heavy atom. The van der Waals surface area contributed by atoms with E-state index in [1.54, 1.807) is 13.8 Å². The highest BCUT2D eigenvalue weighted by atomic mass is 35.5. The zero-order valence-corrected chi connectivity index (χ0v) is 15.3. The lowest BCUT2D eigenvalue weighted by molar-refractivity contribution is 0.0959. The maximum Gasteiger partial charge on any atom is 0.326 e. The minimum absolute atomic E-state index is 0.157. The highest BCUT2D eigenvalue weighted by Gasteiger charge is 2.20. The number of hydrogen-bond acceptors (Lipinski definition) is 3. The molecule has 0 radical (unpaired) electrons. The number of benzene rings is 2. The zero-order chi connectivity index (χ0) is 19.4. The van der Waals surface area contributed by atoms with E-state index < -0.39 is 29.1 Å². The summed E-state index contributed by atoms with van der Waals surface area (Å²) in [6, 6.07) is 3.31. The van der Waals surface area contributed by atoms with Crippen LogP contribution < -0.4 is 15.4 Å². The quantitative estimate of drug-likeness (QED) is 0.760. The van der Waals surface area contributed by atoms with Gasteiger partial charge in [-0.3, -0.25) is 10.1 Å². The van der Waals surface area contributed by atoms with E-state index in [0.717, 1.165) is 18.2 Å². The summed E-state index contributed by atoms with van der Waals surface area (Å²) in [6.45, 7) is 3.71. The molecule has 0 unspecified atom stereocenters. The molecule has 2 aromatic carbocycles. The van der Waals surface area contributed by atoms with Crippen LogP contribution in [0.5, 0.6) is 5.75 Å². The normalized spacial score (nSPS) is 10.4. The molecule has 0 fully saturated rings. The van der Waals surface area contributed by atoms with E-state index in [1.165, 1.54) is 6.07 Å². The van der Waals surface area contributed by atoms with Crippen molar-refractivity contribution in [3.63, 3.8) is 0 Å². The number of urea groups is 1. The summed E-state index contributed by atoms with van der Waals surface area (Å²) in [5, 5.41) is 4.56. The molecule has 0 aromatic heterocycles. The summed E-state index contributed by atoms with van der Waals surface area (Å²) in [5.74, 6) is -3.13. The second-order valence-corrected chi connectivity index (χ2v) is 5.90. The topological polar surface area (TPSA) is 67.4 Å². The van der Waals surface area contributed by atoms with E-state index in [0.29, 0.717) is 12.2 Å². The Hall–Kier alpha value is -2.38. The molecule has 2 rings (SSSR count). The average molecular weight is 403 g/mol. The third-order valence-corrected chi connectivity index (χ3v) is 4.11. The molecule has 0 saturated carbocycles. The molecular weight excluding hydrogens is 389 g/mol. The predicted octanol–water partition coefficient (Wildman–Crippen LogP) is 4.94. The molecular formula is C17H14Cl2F2N2O3.